The molecule has 0 radical (unpaired) electrons. The fraction of sp³-hybridized carbons (Fsp3) is 0.276. The lowest BCUT2D eigenvalue weighted by atomic mass is 9.93. The van der Waals surface area contributed by atoms with Crippen molar-refractivity contribution in [3.8, 4) is 0 Å². The Bertz CT molecular complexity index is 1580. The highest BCUT2D eigenvalue weighted by atomic mass is 35.5. The average molecular weight is 518 g/mol. The van der Waals surface area contributed by atoms with E-state index in [0.29, 0.717) is 40.6 Å². The summed E-state index contributed by atoms with van der Waals surface area (Å²) >= 11 is 6.19. The average Bonchev–Trinajstić information content (AvgIpc) is 3.44. The molecule has 2 aromatic heterocycles. The summed E-state index contributed by atoms with van der Waals surface area (Å²) in [6.07, 6.45) is 3.97. The Balaban J connectivity index is 1.34. The van der Waals surface area contributed by atoms with E-state index in [4.69, 9.17) is 20.4 Å². The van der Waals surface area contributed by atoms with Gasteiger partial charge in [-0.1, -0.05) is 29.8 Å². The van der Waals surface area contributed by atoms with Crippen molar-refractivity contribution < 1.29 is 18.4 Å². The molecule has 0 atom stereocenters. The van der Waals surface area contributed by atoms with Crippen molar-refractivity contribution in [1.82, 2.24) is 5.43 Å². The smallest absolute Gasteiger partial charge is 0.291 e. The van der Waals surface area contributed by atoms with Crippen molar-refractivity contribution in [2.24, 2.45) is 5.10 Å². The third-order valence-corrected chi connectivity index (χ3v) is 7.47. The predicted molar refractivity (Wildman–Crippen MR) is 145 cm³/mol. The fourth-order valence-electron chi connectivity index (χ4n) is 4.79. The van der Waals surface area contributed by atoms with Crippen LogP contribution in [0.15, 0.2) is 50.5 Å². The molecular weight excluding hydrogens is 490 g/mol. The summed E-state index contributed by atoms with van der Waals surface area (Å²) in [5.41, 5.74) is 10.1. The van der Waals surface area contributed by atoms with Crippen LogP contribution in [0.5, 0.6) is 0 Å². The number of anilines is 1. The van der Waals surface area contributed by atoms with Gasteiger partial charge in [-0.3, -0.25) is 9.59 Å². The molecule has 2 heterocycles. The first-order valence-corrected chi connectivity index (χ1v) is 12.6. The molecule has 0 aliphatic heterocycles. The van der Waals surface area contributed by atoms with Gasteiger partial charge in [0.1, 0.15) is 11.3 Å². The SMILES string of the molecule is Cc1ccc2c(CC(=O)N/N=C3\CCCc4oc(C(=O)Nc5cccc(Cl)c5C)c(C)c43)coc2c1C. The quantitative estimate of drug-likeness (QED) is 0.293. The second-order valence-electron chi connectivity index (χ2n) is 9.49. The monoisotopic (exact) mass is 517 g/mol. The highest BCUT2D eigenvalue weighted by molar-refractivity contribution is 6.31. The van der Waals surface area contributed by atoms with Crippen molar-refractivity contribution in [1.29, 1.82) is 0 Å². The van der Waals surface area contributed by atoms with Crippen molar-refractivity contribution in [3.63, 3.8) is 0 Å². The van der Waals surface area contributed by atoms with Crippen molar-refractivity contribution in [2.45, 2.75) is 53.4 Å². The van der Waals surface area contributed by atoms with Crippen LogP contribution in [0.2, 0.25) is 5.02 Å². The van der Waals surface area contributed by atoms with Crippen LogP contribution < -0.4 is 10.7 Å². The number of amides is 2. The number of hydrogen-bond acceptors (Lipinski definition) is 5. The van der Waals surface area contributed by atoms with E-state index in [9.17, 15) is 9.59 Å². The topological polar surface area (TPSA) is 96.8 Å². The lowest BCUT2D eigenvalue weighted by molar-refractivity contribution is -0.120. The fourth-order valence-corrected chi connectivity index (χ4v) is 4.96. The normalized spacial score (nSPS) is 14.1. The van der Waals surface area contributed by atoms with Crippen LogP contribution in [-0.4, -0.2) is 17.5 Å². The van der Waals surface area contributed by atoms with Gasteiger partial charge in [-0.25, -0.2) is 5.43 Å². The third-order valence-electron chi connectivity index (χ3n) is 7.06. The molecule has 2 aromatic carbocycles. The molecule has 8 heteroatoms. The van der Waals surface area contributed by atoms with Gasteiger partial charge in [-0.15, -0.1) is 0 Å². The Morgan fingerprint density at radius 2 is 1.84 bits per heavy atom. The minimum atomic E-state index is -0.349. The Morgan fingerprint density at radius 3 is 2.65 bits per heavy atom. The summed E-state index contributed by atoms with van der Waals surface area (Å²) in [5.74, 6) is 0.353. The van der Waals surface area contributed by atoms with Gasteiger partial charge in [0, 0.05) is 39.2 Å². The number of nitrogens with zero attached hydrogens (tertiary/aromatic N) is 1. The number of carbonyl (C=O) groups excluding carboxylic acids is 2. The standard InChI is InChI=1S/C29H28ClN3O4/c1-15-11-12-20-19(14-36-27(20)16(15)2)13-25(34)33-32-23-9-6-10-24-26(23)18(4)28(37-24)29(35)31-22-8-5-7-21(30)17(22)3/h5,7-8,11-12,14H,6,9-10,13H2,1-4H3,(H,31,35)(H,33,34)/b32-23+. The molecule has 0 bridgehead atoms. The van der Waals surface area contributed by atoms with Gasteiger partial charge in [0.25, 0.3) is 5.91 Å². The van der Waals surface area contributed by atoms with Crippen LogP contribution in [0.4, 0.5) is 5.69 Å². The Labute approximate surface area is 219 Å². The minimum Gasteiger partial charge on any atom is -0.464 e. The molecule has 1 aliphatic rings. The predicted octanol–water partition coefficient (Wildman–Crippen LogP) is 6.56. The van der Waals surface area contributed by atoms with Gasteiger partial charge in [-0.2, -0.15) is 5.10 Å². The number of hydrogen-bond donors (Lipinski definition) is 2. The number of halogens is 1. The summed E-state index contributed by atoms with van der Waals surface area (Å²) < 4.78 is 11.7. The maximum absolute atomic E-state index is 13.1. The number of hydrazone groups is 1. The van der Waals surface area contributed by atoms with E-state index in [1.165, 1.54) is 0 Å². The lowest BCUT2D eigenvalue weighted by Crippen LogP contribution is -2.23. The van der Waals surface area contributed by atoms with Crippen molar-refractivity contribution in [2.75, 3.05) is 5.32 Å². The van der Waals surface area contributed by atoms with E-state index < -0.39 is 0 Å². The van der Waals surface area contributed by atoms with Crippen LogP contribution in [0.1, 0.15) is 62.5 Å². The van der Waals surface area contributed by atoms with Gasteiger partial charge in [0.2, 0.25) is 5.91 Å². The number of furan rings is 2. The molecule has 5 rings (SSSR count). The molecule has 0 spiro atoms. The molecule has 190 valence electrons. The highest BCUT2D eigenvalue weighted by Crippen LogP contribution is 2.31. The van der Waals surface area contributed by atoms with Crippen molar-refractivity contribution in [3.05, 3.63) is 86.5 Å². The van der Waals surface area contributed by atoms with Gasteiger partial charge in [-0.05, 0) is 69.4 Å². The van der Waals surface area contributed by atoms with E-state index in [1.54, 1.807) is 24.5 Å². The molecule has 0 saturated heterocycles. The zero-order chi connectivity index (χ0) is 26.3. The highest BCUT2D eigenvalue weighted by Gasteiger charge is 2.28. The van der Waals surface area contributed by atoms with Gasteiger partial charge in [0.15, 0.2) is 5.76 Å². The van der Waals surface area contributed by atoms with E-state index in [-0.39, 0.29) is 24.0 Å². The molecule has 2 amide bonds. The second-order valence-corrected chi connectivity index (χ2v) is 9.90. The molecule has 0 unspecified atom stereocenters. The van der Waals surface area contributed by atoms with Crippen LogP contribution in [-0.2, 0) is 17.6 Å². The molecule has 0 fully saturated rings. The Hall–Kier alpha value is -3.84. The number of benzene rings is 2. The molecule has 4 aromatic rings. The van der Waals surface area contributed by atoms with Crippen LogP contribution in [0.25, 0.3) is 11.0 Å². The van der Waals surface area contributed by atoms with E-state index in [2.05, 4.69) is 15.8 Å². The van der Waals surface area contributed by atoms with E-state index >= 15 is 0 Å². The van der Waals surface area contributed by atoms with Crippen molar-refractivity contribution >= 4 is 45.8 Å². The summed E-state index contributed by atoms with van der Waals surface area (Å²) in [6.45, 7) is 7.73. The summed E-state index contributed by atoms with van der Waals surface area (Å²) in [4.78, 5) is 25.8. The number of rotatable bonds is 5. The molecule has 0 saturated carbocycles. The second kappa shape index (κ2) is 9.90. The Kier molecular flexibility index (Phi) is 6.65. The van der Waals surface area contributed by atoms with Gasteiger partial charge >= 0.3 is 0 Å². The molecule has 2 N–H and O–H groups in total. The minimum absolute atomic E-state index is 0.149. The maximum Gasteiger partial charge on any atom is 0.291 e. The number of aryl methyl sites for hydroxylation is 3. The first-order chi connectivity index (χ1) is 17.7. The molecule has 1 aliphatic carbocycles. The summed E-state index contributed by atoms with van der Waals surface area (Å²) in [7, 11) is 0. The van der Waals surface area contributed by atoms with E-state index in [0.717, 1.165) is 45.2 Å². The number of fused-ring (bicyclic) bond motifs is 2. The zero-order valence-corrected chi connectivity index (χ0v) is 22.0. The first kappa shape index (κ1) is 24.8. The van der Waals surface area contributed by atoms with Crippen LogP contribution in [0, 0.1) is 27.7 Å². The first-order valence-electron chi connectivity index (χ1n) is 12.3. The van der Waals surface area contributed by atoms with Crippen LogP contribution in [0.3, 0.4) is 0 Å². The number of carbonyl (C=O) groups is 2. The molecule has 37 heavy (non-hydrogen) atoms. The zero-order valence-electron chi connectivity index (χ0n) is 21.3. The largest absolute Gasteiger partial charge is 0.464 e. The molecular formula is C29H28ClN3O4. The summed E-state index contributed by atoms with van der Waals surface area (Å²) in [5, 5.41) is 8.84. The third kappa shape index (κ3) is 4.67. The lowest BCUT2D eigenvalue weighted by Gasteiger charge is -2.13. The van der Waals surface area contributed by atoms with Crippen LogP contribution >= 0.6 is 11.6 Å². The number of nitrogens with one attached hydrogen (secondary N) is 2. The Morgan fingerprint density at radius 1 is 1.03 bits per heavy atom. The van der Waals surface area contributed by atoms with E-state index in [1.807, 2.05) is 39.8 Å². The maximum atomic E-state index is 13.1. The summed E-state index contributed by atoms with van der Waals surface area (Å²) in [6, 6.07) is 9.37. The molecule has 7 nitrogen and oxygen atoms in total. The van der Waals surface area contributed by atoms with Gasteiger partial charge < -0.3 is 14.2 Å². The van der Waals surface area contributed by atoms with Gasteiger partial charge in [0.05, 0.1) is 18.4 Å².